The first kappa shape index (κ1) is 16.1. The average molecular weight is 299 g/mol. The van der Waals surface area contributed by atoms with Crippen molar-refractivity contribution in [2.24, 2.45) is 0 Å². The fourth-order valence-electron chi connectivity index (χ4n) is 2.30. The molecule has 116 valence electrons. The van der Waals surface area contributed by atoms with E-state index in [4.69, 9.17) is 0 Å². The molecule has 2 heterocycles. The zero-order chi connectivity index (χ0) is 15.9. The van der Waals surface area contributed by atoms with Crippen LogP contribution in [0.3, 0.4) is 0 Å². The van der Waals surface area contributed by atoms with Crippen LogP contribution in [0.4, 0.5) is 0 Å². The van der Waals surface area contributed by atoms with E-state index >= 15 is 0 Å². The van der Waals surface area contributed by atoms with Crippen LogP contribution in [0.5, 0.6) is 0 Å². The van der Waals surface area contributed by atoms with Gasteiger partial charge in [-0.2, -0.15) is 0 Å². The molecule has 0 saturated carbocycles. The summed E-state index contributed by atoms with van der Waals surface area (Å²) in [4.78, 5) is 33.1. The zero-order valence-electron chi connectivity index (χ0n) is 13.1. The average Bonchev–Trinajstić information content (AvgIpc) is 2.50. The van der Waals surface area contributed by atoms with E-state index < -0.39 is 0 Å². The van der Waals surface area contributed by atoms with Crippen molar-refractivity contribution in [3.05, 3.63) is 36.2 Å². The number of Topliss-reactive ketones (excluding diaryl/α,β-unsaturated/α-hetero) is 1. The Morgan fingerprint density at radius 3 is 2.68 bits per heavy atom. The van der Waals surface area contributed by atoms with Crippen LogP contribution in [0.1, 0.15) is 32.4 Å². The number of pyridine rings is 2. The van der Waals surface area contributed by atoms with Crippen LogP contribution in [0.2, 0.25) is 0 Å². The number of hydrogen-bond acceptors (Lipinski definition) is 4. The van der Waals surface area contributed by atoms with E-state index in [0.717, 1.165) is 29.6 Å². The van der Waals surface area contributed by atoms with E-state index in [-0.39, 0.29) is 11.7 Å². The van der Waals surface area contributed by atoms with Crippen LogP contribution < -0.4 is 0 Å². The Morgan fingerprint density at radius 1 is 1.14 bits per heavy atom. The van der Waals surface area contributed by atoms with Gasteiger partial charge in [-0.15, -0.1) is 0 Å². The largest absolute Gasteiger partial charge is 0.342 e. The Labute approximate surface area is 130 Å². The van der Waals surface area contributed by atoms with Crippen molar-refractivity contribution in [2.75, 3.05) is 13.1 Å². The standard InChI is InChI=1S/C17H21N3O2/c1-13(21)9-12-20(14(2)22)11-4-6-16-8-7-15-5-3-10-18-17(15)19-16/h3,5,7-8,10H,4,6,9,11-12H2,1-2H3. The summed E-state index contributed by atoms with van der Waals surface area (Å²) in [6.45, 7) is 4.23. The molecule has 0 saturated heterocycles. The van der Waals surface area contributed by atoms with Gasteiger partial charge in [0.15, 0.2) is 5.65 Å². The number of hydrogen-bond donors (Lipinski definition) is 0. The number of carbonyl (C=O) groups is 2. The maximum Gasteiger partial charge on any atom is 0.219 e. The molecule has 0 aromatic carbocycles. The van der Waals surface area contributed by atoms with Gasteiger partial charge in [-0.05, 0) is 44.0 Å². The summed E-state index contributed by atoms with van der Waals surface area (Å²) in [5, 5.41) is 1.03. The molecular weight excluding hydrogens is 278 g/mol. The first-order chi connectivity index (χ1) is 10.6. The van der Waals surface area contributed by atoms with Crippen LogP contribution in [-0.2, 0) is 16.0 Å². The molecule has 0 atom stereocenters. The van der Waals surface area contributed by atoms with Crippen LogP contribution in [-0.4, -0.2) is 39.6 Å². The molecule has 1 amide bonds. The number of amides is 1. The van der Waals surface area contributed by atoms with Crippen LogP contribution in [0.25, 0.3) is 11.0 Å². The summed E-state index contributed by atoms with van der Waals surface area (Å²) in [5.41, 5.74) is 1.72. The minimum absolute atomic E-state index is 0.00869. The molecule has 0 radical (unpaired) electrons. The van der Waals surface area contributed by atoms with Crippen LogP contribution in [0, 0.1) is 0 Å². The molecule has 2 aromatic heterocycles. The first-order valence-corrected chi connectivity index (χ1v) is 7.52. The number of aromatic nitrogens is 2. The Morgan fingerprint density at radius 2 is 1.95 bits per heavy atom. The predicted octanol–water partition coefficient (Wildman–Crippen LogP) is 2.39. The maximum atomic E-state index is 11.6. The van der Waals surface area contributed by atoms with Gasteiger partial charge < -0.3 is 4.90 Å². The number of fused-ring (bicyclic) bond motifs is 1. The quantitative estimate of drug-likeness (QED) is 0.787. The molecule has 0 bridgehead atoms. The van der Waals surface area contributed by atoms with Gasteiger partial charge in [-0.25, -0.2) is 9.97 Å². The first-order valence-electron chi connectivity index (χ1n) is 7.52. The SMILES string of the molecule is CC(=O)CCN(CCCc1ccc2cccnc2n1)C(C)=O. The lowest BCUT2D eigenvalue weighted by Gasteiger charge is -2.20. The van der Waals surface area contributed by atoms with Crippen LogP contribution >= 0.6 is 0 Å². The summed E-state index contributed by atoms with van der Waals surface area (Å²) in [5.74, 6) is 0.114. The van der Waals surface area contributed by atoms with Gasteiger partial charge in [-0.3, -0.25) is 9.59 Å². The Balaban J connectivity index is 1.90. The van der Waals surface area contributed by atoms with Gasteiger partial charge in [0.05, 0.1) is 0 Å². The maximum absolute atomic E-state index is 11.6. The molecule has 0 N–H and O–H groups in total. The third-order valence-corrected chi connectivity index (χ3v) is 3.56. The lowest BCUT2D eigenvalue weighted by molar-refractivity contribution is -0.129. The number of aryl methyl sites for hydroxylation is 1. The highest BCUT2D eigenvalue weighted by Crippen LogP contribution is 2.10. The van der Waals surface area contributed by atoms with Gasteiger partial charge in [0, 0.05) is 43.7 Å². The minimum atomic E-state index is 0.00869. The molecule has 0 aliphatic carbocycles. The lowest BCUT2D eigenvalue weighted by atomic mass is 10.2. The minimum Gasteiger partial charge on any atom is -0.342 e. The highest BCUT2D eigenvalue weighted by atomic mass is 16.2. The van der Waals surface area contributed by atoms with Gasteiger partial charge >= 0.3 is 0 Å². The fraction of sp³-hybridized carbons (Fsp3) is 0.412. The molecular formula is C17H21N3O2. The highest BCUT2D eigenvalue weighted by molar-refractivity contribution is 5.77. The molecule has 5 nitrogen and oxygen atoms in total. The van der Waals surface area contributed by atoms with E-state index in [1.165, 1.54) is 0 Å². The van der Waals surface area contributed by atoms with Gasteiger partial charge in [0.2, 0.25) is 5.91 Å². The fourth-order valence-corrected chi connectivity index (χ4v) is 2.30. The normalized spacial score (nSPS) is 10.6. The molecule has 5 heteroatoms. The van der Waals surface area contributed by atoms with E-state index in [2.05, 4.69) is 9.97 Å². The second kappa shape index (κ2) is 7.64. The molecule has 0 spiro atoms. The van der Waals surface area contributed by atoms with E-state index in [1.807, 2.05) is 24.3 Å². The molecule has 0 aliphatic rings. The summed E-state index contributed by atoms with van der Waals surface area (Å²) >= 11 is 0. The van der Waals surface area contributed by atoms with E-state index in [1.54, 1.807) is 24.9 Å². The molecule has 2 rings (SSSR count). The predicted molar refractivity (Wildman–Crippen MR) is 85.4 cm³/mol. The third-order valence-electron chi connectivity index (χ3n) is 3.56. The number of carbonyl (C=O) groups excluding carboxylic acids is 2. The molecule has 0 unspecified atom stereocenters. The van der Waals surface area contributed by atoms with Crippen molar-refractivity contribution in [1.29, 1.82) is 0 Å². The smallest absolute Gasteiger partial charge is 0.219 e. The van der Waals surface area contributed by atoms with Crippen molar-refractivity contribution < 1.29 is 9.59 Å². The Bertz CT molecular complexity index is 670. The lowest BCUT2D eigenvalue weighted by Crippen LogP contribution is -2.32. The van der Waals surface area contributed by atoms with E-state index in [0.29, 0.717) is 19.5 Å². The molecule has 2 aromatic rings. The Hall–Kier alpha value is -2.30. The monoisotopic (exact) mass is 299 g/mol. The summed E-state index contributed by atoms with van der Waals surface area (Å²) in [7, 11) is 0. The summed E-state index contributed by atoms with van der Waals surface area (Å²) < 4.78 is 0. The van der Waals surface area contributed by atoms with Crippen molar-refractivity contribution in [3.8, 4) is 0 Å². The van der Waals surface area contributed by atoms with Gasteiger partial charge in [-0.1, -0.05) is 0 Å². The van der Waals surface area contributed by atoms with Crippen molar-refractivity contribution in [1.82, 2.24) is 14.9 Å². The second-order valence-electron chi connectivity index (χ2n) is 5.41. The topological polar surface area (TPSA) is 63.2 Å². The van der Waals surface area contributed by atoms with Crippen LogP contribution in [0.15, 0.2) is 30.5 Å². The molecule has 0 aliphatic heterocycles. The van der Waals surface area contributed by atoms with Crippen molar-refractivity contribution in [3.63, 3.8) is 0 Å². The zero-order valence-corrected chi connectivity index (χ0v) is 13.1. The highest BCUT2D eigenvalue weighted by Gasteiger charge is 2.09. The number of ketones is 1. The number of rotatable bonds is 7. The second-order valence-corrected chi connectivity index (χ2v) is 5.41. The number of nitrogens with zero attached hydrogens (tertiary/aromatic N) is 3. The molecule has 22 heavy (non-hydrogen) atoms. The van der Waals surface area contributed by atoms with Crippen molar-refractivity contribution >= 4 is 22.7 Å². The summed E-state index contributed by atoms with van der Waals surface area (Å²) in [6, 6.07) is 7.89. The van der Waals surface area contributed by atoms with Gasteiger partial charge in [0.1, 0.15) is 5.78 Å². The summed E-state index contributed by atoms with van der Waals surface area (Å²) in [6.07, 6.45) is 3.76. The molecule has 0 fully saturated rings. The van der Waals surface area contributed by atoms with Crippen molar-refractivity contribution in [2.45, 2.75) is 33.1 Å². The third kappa shape index (κ3) is 4.62. The van der Waals surface area contributed by atoms with Gasteiger partial charge in [0.25, 0.3) is 0 Å². The van der Waals surface area contributed by atoms with E-state index in [9.17, 15) is 9.59 Å². The Kier molecular flexibility index (Phi) is 5.58.